The van der Waals surface area contributed by atoms with Crippen LogP contribution < -0.4 is 15.6 Å². The molecule has 2 amide bonds. The van der Waals surface area contributed by atoms with E-state index >= 15 is 0 Å². The van der Waals surface area contributed by atoms with Crippen molar-refractivity contribution in [1.82, 2.24) is 10.9 Å². The highest BCUT2D eigenvalue weighted by molar-refractivity contribution is 14.1. The lowest BCUT2D eigenvalue weighted by Crippen LogP contribution is -2.43. The van der Waals surface area contributed by atoms with Gasteiger partial charge in [-0.2, -0.15) is 0 Å². The Morgan fingerprint density at radius 3 is 2.63 bits per heavy atom. The molecule has 0 radical (unpaired) electrons. The van der Waals surface area contributed by atoms with E-state index in [1.807, 2.05) is 43.3 Å². The van der Waals surface area contributed by atoms with Gasteiger partial charge in [0.1, 0.15) is 5.75 Å². The van der Waals surface area contributed by atoms with Crippen molar-refractivity contribution in [1.29, 1.82) is 0 Å². The van der Waals surface area contributed by atoms with Crippen LogP contribution in [0.2, 0.25) is 0 Å². The van der Waals surface area contributed by atoms with Crippen LogP contribution in [0.1, 0.15) is 15.9 Å². The first-order chi connectivity index (χ1) is 13.0. The van der Waals surface area contributed by atoms with Gasteiger partial charge in [-0.15, -0.1) is 0 Å². The van der Waals surface area contributed by atoms with Crippen LogP contribution in [0.25, 0.3) is 10.8 Å². The van der Waals surface area contributed by atoms with E-state index in [0.29, 0.717) is 11.3 Å². The van der Waals surface area contributed by atoms with Crippen molar-refractivity contribution in [2.75, 3.05) is 6.61 Å². The average molecular weight is 539 g/mol. The molecule has 0 aliphatic carbocycles. The lowest BCUT2D eigenvalue weighted by Gasteiger charge is -2.11. The predicted molar refractivity (Wildman–Crippen MR) is 117 cm³/mol. The van der Waals surface area contributed by atoms with E-state index < -0.39 is 5.91 Å². The molecule has 2 N–H and O–H groups in total. The standard InChI is InChI=1S/C20H16BrIN2O3/c1-12-6-7-14(10-16(12)22)20(26)24-23-18(25)11-27-17-9-8-13-4-2-3-5-15(13)19(17)21/h2-10H,11H2,1H3,(H,23,25)(H,24,26). The third kappa shape index (κ3) is 4.78. The Morgan fingerprint density at radius 2 is 1.85 bits per heavy atom. The maximum atomic E-state index is 12.1. The molecule has 0 fully saturated rings. The molecule has 0 aromatic heterocycles. The molecule has 3 aromatic rings. The van der Waals surface area contributed by atoms with Gasteiger partial charge in [-0.3, -0.25) is 20.4 Å². The van der Waals surface area contributed by atoms with Gasteiger partial charge in [0.15, 0.2) is 6.61 Å². The number of halogens is 2. The zero-order chi connectivity index (χ0) is 19.4. The summed E-state index contributed by atoms with van der Waals surface area (Å²) in [5, 5.41) is 2.07. The van der Waals surface area contributed by atoms with Crippen molar-refractivity contribution in [3.8, 4) is 5.75 Å². The van der Waals surface area contributed by atoms with Gasteiger partial charge in [0.2, 0.25) is 0 Å². The quantitative estimate of drug-likeness (QED) is 0.383. The fraction of sp³-hybridized carbons (Fsp3) is 0.100. The molecular weight excluding hydrogens is 523 g/mol. The highest BCUT2D eigenvalue weighted by Crippen LogP contribution is 2.32. The van der Waals surface area contributed by atoms with Crippen LogP contribution in [0.15, 0.2) is 59.1 Å². The number of hydrazine groups is 1. The fourth-order valence-corrected chi connectivity index (χ4v) is 3.56. The summed E-state index contributed by atoms with van der Waals surface area (Å²) in [6.45, 7) is 1.75. The highest BCUT2D eigenvalue weighted by atomic mass is 127. The molecule has 0 aliphatic heterocycles. The Bertz CT molecular complexity index is 1020. The van der Waals surface area contributed by atoms with Crippen molar-refractivity contribution < 1.29 is 14.3 Å². The molecule has 0 heterocycles. The van der Waals surface area contributed by atoms with E-state index in [1.165, 1.54) is 0 Å². The molecule has 0 saturated carbocycles. The molecule has 0 spiro atoms. The summed E-state index contributed by atoms with van der Waals surface area (Å²) in [6, 6.07) is 16.9. The topological polar surface area (TPSA) is 67.4 Å². The number of benzene rings is 3. The molecule has 138 valence electrons. The zero-order valence-electron chi connectivity index (χ0n) is 14.4. The molecule has 0 saturated heterocycles. The van der Waals surface area contributed by atoms with Crippen LogP contribution in [-0.2, 0) is 4.79 Å². The van der Waals surface area contributed by atoms with Gasteiger partial charge in [-0.05, 0) is 80.0 Å². The number of rotatable bonds is 4. The molecule has 27 heavy (non-hydrogen) atoms. The maximum Gasteiger partial charge on any atom is 0.276 e. The molecule has 7 heteroatoms. The Balaban J connectivity index is 1.56. The van der Waals surface area contributed by atoms with E-state index in [-0.39, 0.29) is 12.5 Å². The van der Waals surface area contributed by atoms with E-state index in [4.69, 9.17) is 4.74 Å². The largest absolute Gasteiger partial charge is 0.483 e. The van der Waals surface area contributed by atoms with Crippen LogP contribution in [0.3, 0.4) is 0 Å². The van der Waals surface area contributed by atoms with Gasteiger partial charge in [-0.1, -0.05) is 36.4 Å². The Labute approximate surface area is 178 Å². The molecule has 0 unspecified atom stereocenters. The van der Waals surface area contributed by atoms with Crippen LogP contribution in [-0.4, -0.2) is 18.4 Å². The second kappa shape index (κ2) is 8.71. The number of fused-ring (bicyclic) bond motifs is 1. The number of hydrogen-bond donors (Lipinski definition) is 2. The van der Waals surface area contributed by atoms with Crippen molar-refractivity contribution in [2.45, 2.75) is 6.92 Å². The summed E-state index contributed by atoms with van der Waals surface area (Å²) in [5.41, 5.74) is 6.32. The van der Waals surface area contributed by atoms with Gasteiger partial charge in [-0.25, -0.2) is 0 Å². The summed E-state index contributed by atoms with van der Waals surface area (Å²) in [5.74, 6) is -0.276. The van der Waals surface area contributed by atoms with E-state index in [1.54, 1.807) is 18.2 Å². The second-order valence-corrected chi connectivity index (χ2v) is 7.81. The smallest absolute Gasteiger partial charge is 0.276 e. The second-order valence-electron chi connectivity index (χ2n) is 5.85. The Kier molecular flexibility index (Phi) is 6.33. The van der Waals surface area contributed by atoms with Gasteiger partial charge >= 0.3 is 0 Å². The number of carbonyl (C=O) groups excluding carboxylic acids is 2. The monoisotopic (exact) mass is 538 g/mol. The van der Waals surface area contributed by atoms with Crippen molar-refractivity contribution in [2.24, 2.45) is 0 Å². The summed E-state index contributed by atoms with van der Waals surface area (Å²) in [4.78, 5) is 24.1. The van der Waals surface area contributed by atoms with Gasteiger partial charge in [0.05, 0.1) is 4.47 Å². The van der Waals surface area contributed by atoms with Crippen LogP contribution in [0, 0.1) is 10.5 Å². The molecule has 3 aromatic carbocycles. The first-order valence-electron chi connectivity index (χ1n) is 8.11. The minimum Gasteiger partial charge on any atom is -0.483 e. The fourth-order valence-electron chi connectivity index (χ4n) is 2.44. The SMILES string of the molecule is Cc1ccc(C(=O)NNC(=O)COc2ccc3ccccc3c2Br)cc1I. The first-order valence-corrected chi connectivity index (χ1v) is 9.98. The average Bonchev–Trinajstić information content (AvgIpc) is 2.68. The molecular formula is C20H16BrIN2O3. The number of nitrogens with one attached hydrogen (secondary N) is 2. The molecule has 0 atom stereocenters. The number of ether oxygens (including phenoxy) is 1. The normalized spacial score (nSPS) is 10.5. The summed E-state index contributed by atoms with van der Waals surface area (Å²) >= 11 is 5.67. The number of aryl methyl sites for hydroxylation is 1. The summed E-state index contributed by atoms with van der Waals surface area (Å²) in [7, 11) is 0. The maximum absolute atomic E-state index is 12.1. The van der Waals surface area contributed by atoms with Crippen molar-refractivity contribution in [3.05, 3.63) is 73.8 Å². The molecule has 0 aliphatic rings. The van der Waals surface area contributed by atoms with Crippen LogP contribution in [0.4, 0.5) is 0 Å². The summed E-state index contributed by atoms with van der Waals surface area (Å²) in [6.07, 6.45) is 0. The lowest BCUT2D eigenvalue weighted by molar-refractivity contribution is -0.123. The lowest BCUT2D eigenvalue weighted by atomic mass is 10.1. The van der Waals surface area contributed by atoms with Crippen molar-refractivity contribution >= 4 is 61.1 Å². The van der Waals surface area contributed by atoms with E-state index in [2.05, 4.69) is 49.4 Å². The molecule has 0 bridgehead atoms. The Morgan fingerprint density at radius 1 is 1.07 bits per heavy atom. The number of carbonyl (C=O) groups is 2. The van der Waals surface area contributed by atoms with E-state index in [0.717, 1.165) is 24.4 Å². The highest BCUT2D eigenvalue weighted by Gasteiger charge is 2.11. The van der Waals surface area contributed by atoms with Gasteiger partial charge in [0.25, 0.3) is 11.8 Å². The first kappa shape index (κ1) is 19.6. The van der Waals surface area contributed by atoms with Crippen LogP contribution >= 0.6 is 38.5 Å². The number of hydrogen-bond acceptors (Lipinski definition) is 3. The Hall–Kier alpha value is -2.13. The minimum absolute atomic E-state index is 0.220. The molecule has 3 rings (SSSR count). The zero-order valence-corrected chi connectivity index (χ0v) is 18.1. The number of amides is 2. The predicted octanol–water partition coefficient (Wildman–Crippen LogP) is 4.36. The van der Waals surface area contributed by atoms with Gasteiger partial charge in [0, 0.05) is 9.13 Å². The summed E-state index contributed by atoms with van der Waals surface area (Å²) < 4.78 is 7.33. The third-order valence-corrected chi connectivity index (χ3v) is 5.92. The molecule has 5 nitrogen and oxygen atoms in total. The van der Waals surface area contributed by atoms with Crippen molar-refractivity contribution in [3.63, 3.8) is 0 Å². The van der Waals surface area contributed by atoms with Gasteiger partial charge < -0.3 is 4.74 Å². The van der Waals surface area contributed by atoms with Crippen LogP contribution in [0.5, 0.6) is 5.75 Å². The third-order valence-electron chi connectivity index (χ3n) is 3.94. The van der Waals surface area contributed by atoms with E-state index in [9.17, 15) is 9.59 Å². The minimum atomic E-state index is -0.454.